The van der Waals surface area contributed by atoms with Crippen molar-refractivity contribution in [1.82, 2.24) is 10.2 Å². The zero-order valence-electron chi connectivity index (χ0n) is 23.4. The van der Waals surface area contributed by atoms with Crippen molar-refractivity contribution in [3.8, 4) is 0 Å². The van der Waals surface area contributed by atoms with Gasteiger partial charge in [-0.1, -0.05) is 36.4 Å². The number of ether oxygens (including phenoxy) is 2. The van der Waals surface area contributed by atoms with Gasteiger partial charge in [-0.15, -0.1) is 0 Å². The Hall–Kier alpha value is -2.47. The molecular weight excluding hydrogens is 629 g/mol. The Labute approximate surface area is 251 Å². The molecule has 3 rings (SSSR count). The van der Waals surface area contributed by atoms with Crippen molar-refractivity contribution in [2.24, 2.45) is 0 Å². The maximum atomic E-state index is 13.2. The van der Waals surface area contributed by atoms with E-state index >= 15 is 0 Å². The van der Waals surface area contributed by atoms with Crippen molar-refractivity contribution < 1.29 is 47.8 Å². The fourth-order valence-electron chi connectivity index (χ4n) is 4.08. The molecule has 3 amide bonds. The first-order valence-electron chi connectivity index (χ1n) is 12.9. The molecule has 214 valence electrons. The van der Waals surface area contributed by atoms with E-state index in [9.17, 15) is 14.4 Å². The van der Waals surface area contributed by atoms with Gasteiger partial charge in [0.05, 0.1) is 12.5 Å². The third kappa shape index (κ3) is 11.3. The minimum atomic E-state index is -0.713. The molecule has 0 radical (unpaired) electrons. The second kappa shape index (κ2) is 15.4. The van der Waals surface area contributed by atoms with E-state index < -0.39 is 17.7 Å². The van der Waals surface area contributed by atoms with Crippen LogP contribution in [0.25, 0.3) is 0 Å². The number of carbonyl (C=O) groups is 3. The number of hydrogen-bond acceptors (Lipinski definition) is 5. The molecule has 0 spiro atoms. The van der Waals surface area contributed by atoms with Crippen LogP contribution in [-0.4, -0.2) is 59.4 Å². The lowest BCUT2D eigenvalue weighted by Crippen LogP contribution is -3.00. The molecule has 0 bridgehead atoms. The predicted octanol–water partition coefficient (Wildman–Crippen LogP) is 1.88. The lowest BCUT2D eigenvalue weighted by Gasteiger charge is -2.26. The van der Waals surface area contributed by atoms with E-state index in [-0.39, 0.29) is 53.5 Å². The van der Waals surface area contributed by atoms with Crippen molar-refractivity contribution in [3.05, 3.63) is 65.2 Å². The summed E-state index contributed by atoms with van der Waals surface area (Å²) in [5, 5.41) is 5.71. The van der Waals surface area contributed by atoms with Gasteiger partial charge >= 0.3 is 12.2 Å². The molecule has 2 aromatic carbocycles. The number of amides is 3. The van der Waals surface area contributed by atoms with Crippen LogP contribution in [0, 0.1) is 0 Å². The molecule has 2 N–H and O–H groups in total. The Morgan fingerprint density at radius 2 is 1.77 bits per heavy atom. The molecule has 0 unspecified atom stereocenters. The first-order valence-corrected chi connectivity index (χ1v) is 15.1. The summed E-state index contributed by atoms with van der Waals surface area (Å²) in [7, 11) is 0.120. The highest BCUT2D eigenvalue weighted by molar-refractivity contribution is 7.95. The number of benzene rings is 2. The van der Waals surface area contributed by atoms with Crippen LogP contribution in [0.1, 0.15) is 50.3 Å². The number of carbonyl (C=O) groups excluding carboxylic acids is 3. The Morgan fingerprint density at radius 1 is 1.05 bits per heavy atom. The number of nitrogens with one attached hydrogen (secondary N) is 2. The van der Waals surface area contributed by atoms with Crippen LogP contribution in [0.15, 0.2) is 48.5 Å². The number of fused-ring (bicyclic) bond motifs is 1. The Kier molecular flexibility index (Phi) is 12.9. The summed E-state index contributed by atoms with van der Waals surface area (Å²) in [6.07, 6.45) is 5.38. The first kappa shape index (κ1) is 32.7. The standard InChI is InChI=1S/C29H39N3O5S.HI/c1-29(2,3)37-28(35)32-16-9-12-22-18-24(14-13-23(22)19-32)30-26(33)25(15-17-38(4)5)31-27(34)36-20-21-10-7-6-8-11-21;/h6-8,10-11,13-14,18,25H,9,12,15-17,19-20H2,1-5H3,(H-,30,31,33,34);1H/t25-;/m0./s1. The number of halogens is 1. The minimum absolute atomic E-state index is 0. The Balaban J connectivity index is 0.00000533. The van der Waals surface area contributed by atoms with E-state index in [1.165, 1.54) is 0 Å². The highest BCUT2D eigenvalue weighted by atomic mass is 127. The monoisotopic (exact) mass is 669 g/mol. The lowest BCUT2D eigenvalue weighted by atomic mass is 10.0. The van der Waals surface area contributed by atoms with Crippen molar-refractivity contribution in [2.75, 3.05) is 30.1 Å². The summed E-state index contributed by atoms with van der Waals surface area (Å²) in [6.45, 7) is 6.79. The SMILES string of the molecule is C[S+](C)CC[C@H](NC(=O)OCc1ccccc1)C(=O)Nc1ccc2c(c1)CCCN(C(=O)OC(C)(C)C)C2.[I-]. The zero-order valence-corrected chi connectivity index (χ0v) is 26.4. The molecule has 0 saturated carbocycles. The highest BCUT2D eigenvalue weighted by Gasteiger charge is 2.26. The van der Waals surface area contributed by atoms with Crippen LogP contribution >= 0.6 is 0 Å². The number of rotatable bonds is 8. The van der Waals surface area contributed by atoms with Gasteiger partial charge < -0.3 is 49.0 Å². The van der Waals surface area contributed by atoms with Crippen LogP contribution < -0.4 is 34.6 Å². The third-order valence-electron chi connectivity index (χ3n) is 6.00. The summed E-state index contributed by atoms with van der Waals surface area (Å²) in [5.41, 5.74) is 3.11. The van der Waals surface area contributed by atoms with Crippen LogP contribution in [0.4, 0.5) is 15.3 Å². The van der Waals surface area contributed by atoms with Crippen LogP contribution in [0.3, 0.4) is 0 Å². The topological polar surface area (TPSA) is 97.0 Å². The Bertz CT molecular complexity index is 1110. The van der Waals surface area contributed by atoms with Crippen LogP contribution in [-0.2, 0) is 44.7 Å². The number of hydrogen-bond donors (Lipinski definition) is 2. The van der Waals surface area contributed by atoms with Crippen molar-refractivity contribution in [3.63, 3.8) is 0 Å². The molecule has 1 aliphatic rings. The molecule has 1 atom stereocenters. The highest BCUT2D eigenvalue weighted by Crippen LogP contribution is 2.24. The summed E-state index contributed by atoms with van der Waals surface area (Å²) in [4.78, 5) is 40.0. The van der Waals surface area contributed by atoms with E-state index in [0.717, 1.165) is 35.3 Å². The quantitative estimate of drug-likeness (QED) is 0.331. The molecule has 0 aromatic heterocycles. The second-order valence-corrected chi connectivity index (χ2v) is 13.1. The van der Waals surface area contributed by atoms with E-state index in [4.69, 9.17) is 9.47 Å². The minimum Gasteiger partial charge on any atom is -1.00 e. The van der Waals surface area contributed by atoms with Gasteiger partial charge in [-0.05, 0) is 73.3 Å². The summed E-state index contributed by atoms with van der Waals surface area (Å²) in [5.74, 6) is 0.526. The van der Waals surface area contributed by atoms with E-state index in [1.54, 1.807) is 4.90 Å². The number of anilines is 1. The Morgan fingerprint density at radius 3 is 2.44 bits per heavy atom. The van der Waals surface area contributed by atoms with Gasteiger partial charge in [-0.3, -0.25) is 4.79 Å². The van der Waals surface area contributed by atoms with Gasteiger partial charge in [0.2, 0.25) is 5.91 Å². The van der Waals surface area contributed by atoms with Crippen LogP contribution in [0.5, 0.6) is 0 Å². The molecular formula is C29H40IN3O5S. The van der Waals surface area contributed by atoms with Gasteiger partial charge in [0.15, 0.2) is 0 Å². The largest absolute Gasteiger partial charge is 1.00 e. The van der Waals surface area contributed by atoms with Gasteiger partial charge in [0.1, 0.15) is 24.0 Å². The van der Waals surface area contributed by atoms with E-state index in [1.807, 2.05) is 69.3 Å². The molecule has 0 saturated heterocycles. The molecule has 39 heavy (non-hydrogen) atoms. The molecule has 1 heterocycles. The van der Waals surface area contributed by atoms with Crippen molar-refractivity contribution >= 4 is 34.7 Å². The molecule has 2 aromatic rings. The average molecular weight is 670 g/mol. The maximum Gasteiger partial charge on any atom is 0.410 e. The van der Waals surface area contributed by atoms with Crippen LogP contribution in [0.2, 0.25) is 0 Å². The summed E-state index contributed by atoms with van der Waals surface area (Å²) >= 11 is 0. The van der Waals surface area contributed by atoms with Crippen molar-refractivity contribution in [2.45, 2.75) is 64.8 Å². The molecule has 10 heteroatoms. The van der Waals surface area contributed by atoms with Gasteiger partial charge in [-0.25, -0.2) is 9.59 Å². The predicted molar refractivity (Wildman–Crippen MR) is 152 cm³/mol. The van der Waals surface area contributed by atoms with Gasteiger partial charge in [0.25, 0.3) is 0 Å². The molecule has 0 fully saturated rings. The molecule has 1 aliphatic heterocycles. The zero-order chi connectivity index (χ0) is 27.7. The molecule has 0 aliphatic carbocycles. The van der Waals surface area contributed by atoms with Crippen molar-refractivity contribution in [1.29, 1.82) is 0 Å². The van der Waals surface area contributed by atoms with Gasteiger partial charge in [-0.2, -0.15) is 0 Å². The fraction of sp³-hybridized carbons (Fsp3) is 0.483. The third-order valence-corrected chi connectivity index (χ3v) is 7.05. The van der Waals surface area contributed by atoms with E-state index in [2.05, 4.69) is 23.1 Å². The normalized spacial score (nSPS) is 13.8. The summed E-state index contributed by atoms with van der Waals surface area (Å²) < 4.78 is 10.9. The molecule has 8 nitrogen and oxygen atoms in total. The number of aryl methyl sites for hydroxylation is 1. The fourth-order valence-corrected chi connectivity index (χ4v) is 4.78. The first-order chi connectivity index (χ1) is 18.0. The lowest BCUT2D eigenvalue weighted by molar-refractivity contribution is -0.118. The number of alkyl carbamates (subject to hydrolysis) is 1. The smallest absolute Gasteiger partial charge is 0.410 e. The number of nitrogens with zero attached hydrogens (tertiary/aromatic N) is 1. The second-order valence-electron chi connectivity index (χ2n) is 10.7. The average Bonchev–Trinajstić information content (AvgIpc) is 3.07. The summed E-state index contributed by atoms with van der Waals surface area (Å²) in [6, 6.07) is 14.4. The van der Waals surface area contributed by atoms with E-state index in [0.29, 0.717) is 25.2 Å². The maximum absolute atomic E-state index is 13.2. The van der Waals surface area contributed by atoms with Gasteiger partial charge in [0, 0.05) is 25.2 Å².